The molecule has 2 atom stereocenters. The molecular formula is C27H30F3NO6. The molecule has 1 heterocycles. The van der Waals surface area contributed by atoms with Crippen molar-refractivity contribution < 1.29 is 41.8 Å². The second-order valence-corrected chi connectivity index (χ2v) is 9.92. The number of carbonyl (C=O) groups is 3. The van der Waals surface area contributed by atoms with E-state index in [4.69, 9.17) is 14.2 Å². The molecule has 7 nitrogen and oxygen atoms in total. The fourth-order valence-corrected chi connectivity index (χ4v) is 4.30. The fourth-order valence-electron chi connectivity index (χ4n) is 4.30. The number of ether oxygens (including phenoxy) is 3. The number of rotatable bonds is 5. The van der Waals surface area contributed by atoms with Crippen LogP contribution in [0.2, 0.25) is 0 Å². The molecule has 0 radical (unpaired) electrons. The highest BCUT2D eigenvalue weighted by Gasteiger charge is 2.40. The fraction of sp³-hybridized carbons (Fsp3) is 0.444. The Balaban J connectivity index is 2.07. The van der Waals surface area contributed by atoms with Crippen LogP contribution >= 0.6 is 0 Å². The van der Waals surface area contributed by atoms with Gasteiger partial charge in [0.15, 0.2) is 0 Å². The van der Waals surface area contributed by atoms with Crippen molar-refractivity contribution in [1.29, 1.82) is 0 Å². The maximum Gasteiger partial charge on any atom is 0.416 e. The third kappa shape index (κ3) is 7.02. The zero-order chi connectivity index (χ0) is 27.5. The van der Waals surface area contributed by atoms with Crippen LogP contribution in [0, 0.1) is 5.92 Å². The number of methoxy groups -OCH3 is 1. The number of hydrogen-bond donors (Lipinski definition) is 0. The van der Waals surface area contributed by atoms with Gasteiger partial charge in [-0.2, -0.15) is 13.2 Å². The van der Waals surface area contributed by atoms with Gasteiger partial charge in [-0.3, -0.25) is 4.79 Å². The summed E-state index contributed by atoms with van der Waals surface area (Å²) in [6.07, 6.45) is -5.13. The Kier molecular flexibility index (Phi) is 8.19. The molecule has 1 aliphatic heterocycles. The minimum atomic E-state index is -4.57. The number of nitrogens with zero attached hydrogens (tertiary/aromatic N) is 1. The summed E-state index contributed by atoms with van der Waals surface area (Å²) in [7, 11) is 1.24. The molecule has 0 spiro atoms. The first-order valence-electron chi connectivity index (χ1n) is 11.7. The van der Waals surface area contributed by atoms with Crippen LogP contribution in [0.25, 0.3) is 11.1 Å². The summed E-state index contributed by atoms with van der Waals surface area (Å²) < 4.78 is 56.3. The number of carbonyl (C=O) groups excluding carboxylic acids is 3. The van der Waals surface area contributed by atoms with E-state index in [0.29, 0.717) is 16.7 Å². The van der Waals surface area contributed by atoms with Crippen molar-refractivity contribution in [3.8, 4) is 11.1 Å². The SMILES string of the molecule is COC(=O)c1ccc(-c2cc(C(F)(F)F)ccc2[C@H]2CN(C(=O)OC(C)(C)C)C[C@@H]2COC(C)=O)cc1. The first kappa shape index (κ1) is 28.0. The van der Waals surface area contributed by atoms with Gasteiger partial charge < -0.3 is 19.1 Å². The van der Waals surface area contributed by atoms with Crippen molar-refractivity contribution in [3.05, 3.63) is 59.2 Å². The quantitative estimate of drug-likeness (QED) is 0.372. The molecule has 1 fully saturated rings. The van der Waals surface area contributed by atoms with Gasteiger partial charge in [-0.05, 0) is 61.7 Å². The molecule has 1 aliphatic rings. The summed E-state index contributed by atoms with van der Waals surface area (Å²) in [5.41, 5.74) is 0.000649. The summed E-state index contributed by atoms with van der Waals surface area (Å²) in [6, 6.07) is 9.50. The van der Waals surface area contributed by atoms with E-state index in [1.54, 1.807) is 32.9 Å². The maximum absolute atomic E-state index is 13.6. The number of benzene rings is 2. The van der Waals surface area contributed by atoms with Crippen LogP contribution < -0.4 is 0 Å². The predicted molar refractivity (Wildman–Crippen MR) is 129 cm³/mol. The molecule has 2 aromatic rings. The van der Waals surface area contributed by atoms with Gasteiger partial charge in [-0.1, -0.05) is 18.2 Å². The largest absolute Gasteiger partial charge is 0.465 e. The minimum absolute atomic E-state index is 0.0129. The molecule has 1 saturated heterocycles. The van der Waals surface area contributed by atoms with E-state index in [1.165, 1.54) is 37.1 Å². The summed E-state index contributed by atoms with van der Waals surface area (Å²) in [4.78, 5) is 37.6. The third-order valence-corrected chi connectivity index (χ3v) is 5.99. The van der Waals surface area contributed by atoms with Gasteiger partial charge in [0.2, 0.25) is 0 Å². The van der Waals surface area contributed by atoms with E-state index >= 15 is 0 Å². The number of alkyl halides is 3. The zero-order valence-electron chi connectivity index (χ0n) is 21.3. The first-order valence-corrected chi connectivity index (χ1v) is 11.7. The van der Waals surface area contributed by atoms with Crippen molar-refractivity contribution >= 4 is 18.0 Å². The first-order chi connectivity index (χ1) is 17.2. The Hall–Kier alpha value is -3.56. The Morgan fingerprint density at radius 2 is 1.65 bits per heavy atom. The van der Waals surface area contributed by atoms with Crippen LogP contribution in [-0.2, 0) is 25.2 Å². The van der Waals surface area contributed by atoms with Gasteiger partial charge >= 0.3 is 24.2 Å². The molecule has 1 amide bonds. The Morgan fingerprint density at radius 3 is 2.19 bits per heavy atom. The van der Waals surface area contributed by atoms with E-state index in [1.807, 2.05) is 0 Å². The van der Waals surface area contributed by atoms with Crippen LogP contribution in [0.1, 0.15) is 55.1 Å². The third-order valence-electron chi connectivity index (χ3n) is 5.99. The van der Waals surface area contributed by atoms with Crippen molar-refractivity contribution in [2.24, 2.45) is 5.92 Å². The lowest BCUT2D eigenvalue weighted by molar-refractivity contribution is -0.142. The van der Waals surface area contributed by atoms with Crippen LogP contribution in [-0.4, -0.2) is 55.3 Å². The van der Waals surface area contributed by atoms with Crippen LogP contribution in [0.4, 0.5) is 18.0 Å². The van der Waals surface area contributed by atoms with Crippen molar-refractivity contribution in [1.82, 2.24) is 4.90 Å². The lowest BCUT2D eigenvalue weighted by atomic mass is 9.83. The molecule has 0 unspecified atom stereocenters. The number of amides is 1. The van der Waals surface area contributed by atoms with Gasteiger partial charge in [0.1, 0.15) is 5.60 Å². The van der Waals surface area contributed by atoms with E-state index in [9.17, 15) is 27.6 Å². The van der Waals surface area contributed by atoms with Crippen LogP contribution in [0.3, 0.4) is 0 Å². The maximum atomic E-state index is 13.6. The molecule has 10 heteroatoms. The number of esters is 2. The Labute approximate surface area is 213 Å². The van der Waals surface area contributed by atoms with Gasteiger partial charge in [0, 0.05) is 31.8 Å². The molecule has 0 aromatic heterocycles. The van der Waals surface area contributed by atoms with Crippen molar-refractivity contribution in [3.63, 3.8) is 0 Å². The summed E-state index contributed by atoms with van der Waals surface area (Å²) in [5, 5.41) is 0. The molecular weight excluding hydrogens is 491 g/mol. The average molecular weight is 522 g/mol. The molecule has 200 valence electrons. The van der Waals surface area contributed by atoms with E-state index in [0.717, 1.165) is 12.1 Å². The zero-order valence-corrected chi connectivity index (χ0v) is 21.3. The smallest absolute Gasteiger partial charge is 0.416 e. The lowest BCUT2D eigenvalue weighted by Crippen LogP contribution is -2.35. The molecule has 0 aliphatic carbocycles. The molecule has 2 aromatic carbocycles. The molecule has 0 N–H and O–H groups in total. The van der Waals surface area contributed by atoms with Crippen molar-refractivity contribution in [2.75, 3.05) is 26.8 Å². The van der Waals surface area contributed by atoms with Gasteiger partial charge in [-0.25, -0.2) is 9.59 Å². The predicted octanol–water partition coefficient (Wildman–Crippen LogP) is 5.67. The number of halogens is 3. The topological polar surface area (TPSA) is 82.1 Å². The standard InChI is InChI=1S/C27H30F3NO6/c1-16(32)36-15-19-13-31(25(34)37-26(2,3)4)14-23(19)21-11-10-20(27(28,29)30)12-22(21)17-6-8-18(9-7-17)24(33)35-5/h6-12,19,23H,13-15H2,1-5H3/t19-,23+/m1/s1. The molecule has 3 rings (SSSR count). The van der Waals surface area contributed by atoms with Crippen molar-refractivity contribution in [2.45, 2.75) is 45.4 Å². The van der Waals surface area contributed by atoms with Gasteiger partial charge in [-0.15, -0.1) is 0 Å². The van der Waals surface area contributed by atoms with Crippen LogP contribution in [0.15, 0.2) is 42.5 Å². The molecule has 0 saturated carbocycles. The Bertz CT molecular complexity index is 1150. The van der Waals surface area contributed by atoms with E-state index < -0.39 is 41.3 Å². The summed E-state index contributed by atoms with van der Waals surface area (Å²) >= 11 is 0. The summed E-state index contributed by atoms with van der Waals surface area (Å²) in [6.45, 7) is 6.83. The second-order valence-electron chi connectivity index (χ2n) is 9.92. The minimum Gasteiger partial charge on any atom is -0.465 e. The molecule has 37 heavy (non-hydrogen) atoms. The Morgan fingerprint density at radius 1 is 1.00 bits per heavy atom. The molecule has 0 bridgehead atoms. The number of hydrogen-bond acceptors (Lipinski definition) is 6. The summed E-state index contributed by atoms with van der Waals surface area (Å²) in [5.74, 6) is -1.88. The second kappa shape index (κ2) is 10.8. The average Bonchev–Trinajstić information content (AvgIpc) is 3.24. The normalized spacial score (nSPS) is 17.9. The van der Waals surface area contributed by atoms with Gasteiger partial charge in [0.05, 0.1) is 24.8 Å². The lowest BCUT2D eigenvalue weighted by Gasteiger charge is -2.24. The van der Waals surface area contributed by atoms with Gasteiger partial charge in [0.25, 0.3) is 0 Å². The highest BCUT2D eigenvalue weighted by Crippen LogP contribution is 2.41. The van der Waals surface area contributed by atoms with E-state index in [-0.39, 0.29) is 31.2 Å². The van der Waals surface area contributed by atoms with E-state index in [2.05, 4.69) is 0 Å². The highest BCUT2D eigenvalue weighted by molar-refractivity contribution is 5.90. The number of likely N-dealkylation sites (tertiary alicyclic amines) is 1. The van der Waals surface area contributed by atoms with Crippen LogP contribution in [0.5, 0.6) is 0 Å². The monoisotopic (exact) mass is 521 g/mol. The highest BCUT2D eigenvalue weighted by atomic mass is 19.4.